The van der Waals surface area contributed by atoms with Crippen LogP contribution in [0.2, 0.25) is 0 Å². The number of aryl methyl sites for hydroxylation is 2. The van der Waals surface area contributed by atoms with Crippen molar-refractivity contribution < 1.29 is 18.9 Å². The minimum absolute atomic E-state index is 0.342. The van der Waals surface area contributed by atoms with Crippen LogP contribution in [-0.2, 0) is 12.8 Å². The van der Waals surface area contributed by atoms with E-state index in [0.29, 0.717) is 13.6 Å². The highest BCUT2D eigenvalue weighted by Gasteiger charge is 2.14. The fourth-order valence-corrected chi connectivity index (χ4v) is 3.03. The van der Waals surface area contributed by atoms with E-state index in [4.69, 9.17) is 18.9 Å². The Bertz CT molecular complexity index is 636. The number of ether oxygens (including phenoxy) is 4. The number of unbranched alkanes of at least 4 members (excludes halogenated alkanes) is 2. The third kappa shape index (κ3) is 3.21. The summed E-state index contributed by atoms with van der Waals surface area (Å²) >= 11 is 0. The van der Waals surface area contributed by atoms with Crippen LogP contribution in [0.15, 0.2) is 36.4 Å². The Labute approximate surface area is 135 Å². The van der Waals surface area contributed by atoms with Crippen molar-refractivity contribution in [1.29, 1.82) is 0 Å². The average Bonchev–Trinajstić information content (AvgIpc) is 3.22. The van der Waals surface area contributed by atoms with E-state index in [2.05, 4.69) is 24.3 Å². The zero-order valence-corrected chi connectivity index (χ0v) is 13.0. The van der Waals surface area contributed by atoms with Gasteiger partial charge in [0.1, 0.15) is 0 Å². The van der Waals surface area contributed by atoms with Gasteiger partial charge in [0.25, 0.3) is 0 Å². The molecule has 0 unspecified atom stereocenters. The average molecular weight is 312 g/mol. The molecule has 0 aliphatic carbocycles. The number of rotatable bonds is 6. The Hall–Kier alpha value is -2.36. The highest BCUT2D eigenvalue weighted by Crippen LogP contribution is 2.34. The van der Waals surface area contributed by atoms with E-state index in [0.717, 1.165) is 35.8 Å². The molecule has 4 nitrogen and oxygen atoms in total. The first-order valence-electron chi connectivity index (χ1n) is 8.15. The highest BCUT2D eigenvalue weighted by atomic mass is 16.7. The maximum atomic E-state index is 5.42. The molecule has 4 heteroatoms. The SMILES string of the molecule is c1cc2c(cc1CCCCCc1ccc3c(c1)OCO3)OCO2. The second kappa shape index (κ2) is 6.41. The third-order valence-corrected chi connectivity index (χ3v) is 4.30. The molecule has 4 rings (SSSR count). The second-order valence-electron chi connectivity index (χ2n) is 5.94. The van der Waals surface area contributed by atoms with Crippen LogP contribution in [0.4, 0.5) is 0 Å². The topological polar surface area (TPSA) is 36.9 Å². The number of hydrogen-bond acceptors (Lipinski definition) is 4. The molecular weight excluding hydrogens is 292 g/mol. The number of benzene rings is 2. The van der Waals surface area contributed by atoms with Crippen LogP contribution in [0.5, 0.6) is 23.0 Å². The Morgan fingerprint density at radius 2 is 1.04 bits per heavy atom. The summed E-state index contributed by atoms with van der Waals surface area (Å²) in [6, 6.07) is 12.5. The minimum Gasteiger partial charge on any atom is -0.454 e. The van der Waals surface area contributed by atoms with Crippen molar-refractivity contribution in [3.8, 4) is 23.0 Å². The van der Waals surface area contributed by atoms with Gasteiger partial charge in [-0.15, -0.1) is 0 Å². The van der Waals surface area contributed by atoms with Gasteiger partial charge < -0.3 is 18.9 Å². The normalized spacial score (nSPS) is 14.3. The molecule has 0 spiro atoms. The lowest BCUT2D eigenvalue weighted by Crippen LogP contribution is -1.93. The summed E-state index contributed by atoms with van der Waals surface area (Å²) in [6.07, 6.45) is 5.74. The maximum absolute atomic E-state index is 5.42. The van der Waals surface area contributed by atoms with Crippen LogP contribution in [0.1, 0.15) is 30.4 Å². The van der Waals surface area contributed by atoms with Gasteiger partial charge in [-0.25, -0.2) is 0 Å². The lowest BCUT2D eigenvalue weighted by Gasteiger charge is -2.05. The van der Waals surface area contributed by atoms with Gasteiger partial charge in [0.15, 0.2) is 23.0 Å². The zero-order chi connectivity index (χ0) is 15.5. The van der Waals surface area contributed by atoms with E-state index >= 15 is 0 Å². The molecule has 0 N–H and O–H groups in total. The first-order valence-corrected chi connectivity index (χ1v) is 8.15. The highest BCUT2D eigenvalue weighted by molar-refractivity contribution is 5.45. The van der Waals surface area contributed by atoms with Gasteiger partial charge in [-0.3, -0.25) is 0 Å². The van der Waals surface area contributed by atoms with Gasteiger partial charge in [-0.1, -0.05) is 18.6 Å². The van der Waals surface area contributed by atoms with Crippen LogP contribution in [0.3, 0.4) is 0 Å². The predicted molar refractivity (Wildman–Crippen MR) is 86.4 cm³/mol. The zero-order valence-electron chi connectivity index (χ0n) is 13.0. The summed E-state index contributed by atoms with van der Waals surface area (Å²) in [7, 11) is 0. The minimum atomic E-state index is 0.342. The summed E-state index contributed by atoms with van der Waals surface area (Å²) in [6.45, 7) is 0.683. The molecule has 2 aliphatic heterocycles. The molecule has 2 heterocycles. The molecule has 0 aromatic heterocycles. The summed E-state index contributed by atoms with van der Waals surface area (Å²) in [4.78, 5) is 0. The summed E-state index contributed by atoms with van der Waals surface area (Å²) in [5, 5.41) is 0. The Morgan fingerprint density at radius 1 is 0.565 bits per heavy atom. The smallest absolute Gasteiger partial charge is 0.231 e. The van der Waals surface area contributed by atoms with Crippen molar-refractivity contribution >= 4 is 0 Å². The Balaban J connectivity index is 1.22. The van der Waals surface area contributed by atoms with Gasteiger partial charge in [0.05, 0.1) is 0 Å². The molecule has 2 aromatic carbocycles. The van der Waals surface area contributed by atoms with E-state index in [1.54, 1.807) is 0 Å². The van der Waals surface area contributed by atoms with Gasteiger partial charge in [0.2, 0.25) is 13.6 Å². The molecule has 0 saturated carbocycles. The van der Waals surface area contributed by atoms with Crippen LogP contribution < -0.4 is 18.9 Å². The van der Waals surface area contributed by atoms with E-state index in [-0.39, 0.29) is 0 Å². The van der Waals surface area contributed by atoms with E-state index in [9.17, 15) is 0 Å². The second-order valence-corrected chi connectivity index (χ2v) is 5.94. The molecule has 2 aliphatic rings. The van der Waals surface area contributed by atoms with Crippen molar-refractivity contribution in [2.75, 3.05) is 13.6 Å². The first kappa shape index (κ1) is 14.2. The summed E-state index contributed by atoms with van der Waals surface area (Å²) < 4.78 is 21.5. The molecular formula is C19H20O4. The van der Waals surface area contributed by atoms with Crippen molar-refractivity contribution in [3.05, 3.63) is 47.5 Å². The summed E-state index contributed by atoms with van der Waals surface area (Å²) in [5.74, 6) is 3.47. The third-order valence-electron chi connectivity index (χ3n) is 4.30. The molecule has 0 fully saturated rings. The van der Waals surface area contributed by atoms with Gasteiger partial charge >= 0.3 is 0 Å². The van der Waals surface area contributed by atoms with Gasteiger partial charge in [-0.05, 0) is 61.1 Å². The Morgan fingerprint density at radius 3 is 1.57 bits per heavy atom. The van der Waals surface area contributed by atoms with Crippen LogP contribution in [0, 0.1) is 0 Å². The molecule has 120 valence electrons. The fourth-order valence-electron chi connectivity index (χ4n) is 3.03. The largest absolute Gasteiger partial charge is 0.454 e. The van der Waals surface area contributed by atoms with Crippen LogP contribution >= 0.6 is 0 Å². The fraction of sp³-hybridized carbons (Fsp3) is 0.368. The van der Waals surface area contributed by atoms with Gasteiger partial charge in [0, 0.05) is 0 Å². The molecule has 0 bridgehead atoms. The van der Waals surface area contributed by atoms with Gasteiger partial charge in [-0.2, -0.15) is 0 Å². The molecule has 0 saturated heterocycles. The van der Waals surface area contributed by atoms with Crippen LogP contribution in [-0.4, -0.2) is 13.6 Å². The van der Waals surface area contributed by atoms with E-state index in [1.165, 1.54) is 30.4 Å². The van der Waals surface area contributed by atoms with Crippen molar-refractivity contribution in [2.24, 2.45) is 0 Å². The molecule has 2 aromatic rings. The molecule has 23 heavy (non-hydrogen) atoms. The molecule has 0 atom stereocenters. The van der Waals surface area contributed by atoms with Crippen molar-refractivity contribution in [3.63, 3.8) is 0 Å². The summed E-state index contributed by atoms with van der Waals surface area (Å²) in [5.41, 5.74) is 2.63. The van der Waals surface area contributed by atoms with E-state index in [1.807, 2.05) is 12.1 Å². The van der Waals surface area contributed by atoms with Crippen molar-refractivity contribution in [2.45, 2.75) is 32.1 Å². The lowest BCUT2D eigenvalue weighted by molar-refractivity contribution is 0.173. The predicted octanol–water partition coefficient (Wildman–Crippen LogP) is 4.10. The quantitative estimate of drug-likeness (QED) is 0.753. The van der Waals surface area contributed by atoms with Crippen LogP contribution in [0.25, 0.3) is 0 Å². The van der Waals surface area contributed by atoms with E-state index < -0.39 is 0 Å². The maximum Gasteiger partial charge on any atom is 0.231 e. The number of fused-ring (bicyclic) bond motifs is 2. The Kier molecular flexibility index (Phi) is 3.97. The molecule has 0 amide bonds. The standard InChI is InChI=1S/C19H20O4/c1(2-4-14-6-8-16-18(10-14)22-12-20-16)3-5-15-7-9-17-19(11-15)23-13-21-17/h6-11H,1-5,12-13H2. The first-order chi connectivity index (χ1) is 11.4. The lowest BCUT2D eigenvalue weighted by atomic mass is 10.0. The monoisotopic (exact) mass is 312 g/mol. The number of hydrogen-bond donors (Lipinski definition) is 0. The van der Waals surface area contributed by atoms with Crippen molar-refractivity contribution in [1.82, 2.24) is 0 Å². The molecule has 0 radical (unpaired) electrons.